The normalized spacial score (nSPS) is 12.2. The summed E-state index contributed by atoms with van der Waals surface area (Å²) in [6, 6.07) is 9.44. The Hall–Kier alpha value is -1.67. The third-order valence-electron chi connectivity index (χ3n) is 2.92. The fourth-order valence-corrected chi connectivity index (χ4v) is 3.16. The number of halogens is 4. The van der Waals surface area contributed by atoms with Gasteiger partial charge in [-0.2, -0.15) is 8.78 Å². The molecular weight excluding hydrogens is 362 g/mol. The van der Waals surface area contributed by atoms with Crippen molar-refractivity contribution in [2.75, 3.05) is 5.32 Å². The number of carbonyl (C=O) groups excluding carboxylic acids is 1. The highest BCUT2D eigenvalue weighted by Gasteiger charge is 2.16. The van der Waals surface area contributed by atoms with Crippen LogP contribution in [0.1, 0.15) is 6.92 Å². The van der Waals surface area contributed by atoms with Crippen LogP contribution in [0.4, 0.5) is 23.2 Å². The molecule has 8 heteroatoms. The standard InChI is InChI=1S/C16H13F4NOS2/c1-9(23-12-6-7-13(17)14(18)8-12)15(22)21-10-2-4-11(5-3-10)24-16(19)20/h2-9,16H,1H3,(H,21,22). The van der Waals surface area contributed by atoms with E-state index in [0.29, 0.717) is 27.2 Å². The minimum Gasteiger partial charge on any atom is -0.325 e. The molecule has 1 unspecified atom stereocenters. The molecule has 2 aromatic carbocycles. The van der Waals surface area contributed by atoms with Crippen molar-refractivity contribution in [2.45, 2.75) is 27.7 Å². The number of thioether (sulfide) groups is 2. The lowest BCUT2D eigenvalue weighted by Crippen LogP contribution is -2.22. The van der Waals surface area contributed by atoms with Gasteiger partial charge in [0.15, 0.2) is 11.6 Å². The Balaban J connectivity index is 1.94. The van der Waals surface area contributed by atoms with Gasteiger partial charge in [-0.25, -0.2) is 8.78 Å². The van der Waals surface area contributed by atoms with E-state index in [4.69, 9.17) is 0 Å². The molecule has 0 aliphatic carbocycles. The Labute approximate surface area is 145 Å². The first-order chi connectivity index (χ1) is 11.3. The number of benzene rings is 2. The molecule has 0 heterocycles. The van der Waals surface area contributed by atoms with Crippen LogP contribution in [0.3, 0.4) is 0 Å². The molecule has 0 bridgehead atoms. The van der Waals surface area contributed by atoms with Crippen LogP contribution in [-0.4, -0.2) is 16.9 Å². The SMILES string of the molecule is CC(Sc1ccc(F)c(F)c1)C(=O)Nc1ccc(SC(F)F)cc1. The Kier molecular flexibility index (Phi) is 6.56. The lowest BCUT2D eigenvalue weighted by atomic mass is 10.3. The molecule has 2 rings (SSSR count). The molecule has 2 nitrogen and oxygen atoms in total. The van der Waals surface area contributed by atoms with Crippen LogP contribution in [0.15, 0.2) is 52.3 Å². The summed E-state index contributed by atoms with van der Waals surface area (Å²) < 4.78 is 50.5. The number of alkyl halides is 2. The van der Waals surface area contributed by atoms with Crippen molar-refractivity contribution < 1.29 is 22.4 Å². The zero-order chi connectivity index (χ0) is 17.7. The van der Waals surface area contributed by atoms with Crippen molar-refractivity contribution in [1.29, 1.82) is 0 Å². The quantitative estimate of drug-likeness (QED) is 0.541. The average molecular weight is 375 g/mol. The predicted octanol–water partition coefficient (Wildman–Crippen LogP) is 5.40. The first kappa shape index (κ1) is 18.7. The Morgan fingerprint density at radius 3 is 2.17 bits per heavy atom. The van der Waals surface area contributed by atoms with Crippen LogP contribution in [0.25, 0.3) is 0 Å². The van der Waals surface area contributed by atoms with Crippen LogP contribution in [0.5, 0.6) is 0 Å². The molecule has 0 radical (unpaired) electrons. The minimum atomic E-state index is -2.50. The van der Waals surface area contributed by atoms with Gasteiger partial charge >= 0.3 is 0 Å². The van der Waals surface area contributed by atoms with E-state index in [9.17, 15) is 22.4 Å². The largest absolute Gasteiger partial charge is 0.325 e. The highest BCUT2D eigenvalue weighted by atomic mass is 32.2. The van der Waals surface area contributed by atoms with Gasteiger partial charge in [-0.15, -0.1) is 11.8 Å². The second kappa shape index (κ2) is 8.43. The lowest BCUT2D eigenvalue weighted by Gasteiger charge is -2.12. The summed E-state index contributed by atoms with van der Waals surface area (Å²) in [5, 5.41) is 2.09. The zero-order valence-electron chi connectivity index (χ0n) is 12.4. The Bertz CT molecular complexity index is 710. The maximum absolute atomic E-state index is 13.2. The zero-order valence-corrected chi connectivity index (χ0v) is 14.1. The van der Waals surface area contributed by atoms with Gasteiger partial charge < -0.3 is 5.32 Å². The van der Waals surface area contributed by atoms with Crippen molar-refractivity contribution in [3.8, 4) is 0 Å². The first-order valence-electron chi connectivity index (χ1n) is 6.82. The number of hydrogen-bond donors (Lipinski definition) is 1. The van der Waals surface area contributed by atoms with Crippen molar-refractivity contribution in [2.24, 2.45) is 0 Å². The van der Waals surface area contributed by atoms with Crippen molar-refractivity contribution in [3.05, 3.63) is 54.1 Å². The molecule has 0 spiro atoms. The van der Waals surface area contributed by atoms with E-state index in [1.165, 1.54) is 30.3 Å². The Morgan fingerprint density at radius 1 is 0.958 bits per heavy atom. The second-order valence-electron chi connectivity index (χ2n) is 4.73. The summed E-state index contributed by atoms with van der Waals surface area (Å²) in [5.74, 6) is -4.75. The van der Waals surface area contributed by atoms with Crippen LogP contribution >= 0.6 is 23.5 Å². The van der Waals surface area contributed by atoms with Crippen LogP contribution < -0.4 is 5.32 Å². The van der Waals surface area contributed by atoms with Crippen LogP contribution in [0.2, 0.25) is 0 Å². The minimum absolute atomic E-state index is 0.334. The highest BCUT2D eigenvalue weighted by molar-refractivity contribution is 8.00. The summed E-state index contributed by atoms with van der Waals surface area (Å²) in [6.07, 6.45) is 0. The number of amides is 1. The summed E-state index contributed by atoms with van der Waals surface area (Å²) in [5.41, 5.74) is 0.469. The van der Waals surface area contributed by atoms with Gasteiger partial charge in [0, 0.05) is 15.5 Å². The molecule has 0 aliphatic heterocycles. The van der Waals surface area contributed by atoms with E-state index >= 15 is 0 Å². The smallest absolute Gasteiger partial charge is 0.288 e. The van der Waals surface area contributed by atoms with Gasteiger partial charge in [-0.1, -0.05) is 11.8 Å². The molecule has 2 aromatic rings. The molecule has 128 valence electrons. The molecule has 0 saturated carbocycles. The molecule has 1 amide bonds. The first-order valence-corrected chi connectivity index (χ1v) is 8.58. The third kappa shape index (κ3) is 5.45. The second-order valence-corrected chi connectivity index (χ2v) is 7.21. The van der Waals surface area contributed by atoms with Crippen molar-refractivity contribution in [1.82, 2.24) is 0 Å². The predicted molar refractivity (Wildman–Crippen MR) is 88.6 cm³/mol. The fraction of sp³-hybridized carbons (Fsp3) is 0.188. The van der Waals surface area contributed by atoms with E-state index in [1.54, 1.807) is 6.92 Å². The monoisotopic (exact) mass is 375 g/mol. The molecular formula is C16H13F4NOS2. The van der Waals surface area contributed by atoms with E-state index in [2.05, 4.69) is 5.32 Å². The van der Waals surface area contributed by atoms with Gasteiger partial charge in [0.1, 0.15) is 0 Å². The van der Waals surface area contributed by atoms with E-state index in [-0.39, 0.29) is 5.91 Å². The fourth-order valence-electron chi connectivity index (χ4n) is 1.77. The highest BCUT2D eigenvalue weighted by Crippen LogP contribution is 2.28. The summed E-state index contributed by atoms with van der Waals surface area (Å²) in [6.45, 7) is 1.63. The maximum atomic E-state index is 13.2. The molecule has 0 saturated heterocycles. The molecule has 0 fully saturated rings. The number of nitrogens with one attached hydrogen (secondary N) is 1. The van der Waals surface area contributed by atoms with Gasteiger partial charge in [0.2, 0.25) is 5.91 Å². The third-order valence-corrected chi connectivity index (χ3v) is 4.74. The van der Waals surface area contributed by atoms with Crippen LogP contribution in [0, 0.1) is 11.6 Å². The van der Waals surface area contributed by atoms with E-state index in [0.717, 1.165) is 23.9 Å². The summed E-state index contributed by atoms with van der Waals surface area (Å²) in [4.78, 5) is 12.9. The van der Waals surface area contributed by atoms with Crippen molar-refractivity contribution in [3.63, 3.8) is 0 Å². The summed E-state index contributed by atoms with van der Waals surface area (Å²) >= 11 is 1.50. The molecule has 24 heavy (non-hydrogen) atoms. The van der Waals surface area contributed by atoms with Crippen molar-refractivity contribution >= 4 is 35.1 Å². The summed E-state index contributed by atoms with van der Waals surface area (Å²) in [7, 11) is 0. The van der Waals surface area contributed by atoms with Gasteiger partial charge in [-0.05, 0) is 49.4 Å². The molecule has 1 atom stereocenters. The number of hydrogen-bond acceptors (Lipinski definition) is 3. The topological polar surface area (TPSA) is 29.1 Å². The number of carbonyl (C=O) groups is 1. The van der Waals surface area contributed by atoms with Crippen LogP contribution in [-0.2, 0) is 4.79 Å². The molecule has 1 N–H and O–H groups in total. The Morgan fingerprint density at radius 2 is 1.58 bits per heavy atom. The molecule has 0 aliphatic rings. The van der Waals surface area contributed by atoms with E-state index < -0.39 is 22.6 Å². The van der Waals surface area contributed by atoms with E-state index in [1.807, 2.05) is 0 Å². The number of rotatable bonds is 6. The molecule has 0 aromatic heterocycles. The number of anilines is 1. The average Bonchev–Trinajstić information content (AvgIpc) is 2.52. The lowest BCUT2D eigenvalue weighted by molar-refractivity contribution is -0.115. The maximum Gasteiger partial charge on any atom is 0.288 e. The van der Waals surface area contributed by atoms with Gasteiger partial charge in [0.25, 0.3) is 5.76 Å². The van der Waals surface area contributed by atoms with Gasteiger partial charge in [0.05, 0.1) is 5.25 Å². The van der Waals surface area contributed by atoms with Gasteiger partial charge in [-0.3, -0.25) is 4.79 Å².